The lowest BCUT2D eigenvalue weighted by atomic mass is 9.86. The summed E-state index contributed by atoms with van der Waals surface area (Å²) in [6, 6.07) is 3.98. The Morgan fingerprint density at radius 2 is 2.11 bits per heavy atom. The summed E-state index contributed by atoms with van der Waals surface area (Å²) in [5.74, 6) is -2.14. The van der Waals surface area contributed by atoms with Crippen molar-refractivity contribution in [1.29, 1.82) is 0 Å². The lowest BCUT2D eigenvalue weighted by molar-refractivity contribution is -0.154. The van der Waals surface area contributed by atoms with Gasteiger partial charge in [0.1, 0.15) is 5.82 Å². The van der Waals surface area contributed by atoms with Crippen LogP contribution in [0.3, 0.4) is 0 Å². The zero-order chi connectivity index (χ0) is 14.6. The maximum absolute atomic E-state index is 13.8. The van der Waals surface area contributed by atoms with Crippen LogP contribution in [0.2, 0.25) is 5.02 Å². The first-order valence-corrected chi connectivity index (χ1v) is 6.55. The van der Waals surface area contributed by atoms with Crippen molar-refractivity contribution in [2.45, 2.75) is 26.9 Å². The van der Waals surface area contributed by atoms with Crippen LogP contribution in [-0.4, -0.2) is 17.7 Å². The van der Waals surface area contributed by atoms with Crippen molar-refractivity contribution < 1.29 is 19.0 Å². The van der Waals surface area contributed by atoms with E-state index in [4.69, 9.17) is 16.3 Å². The van der Waals surface area contributed by atoms with Crippen LogP contribution < -0.4 is 0 Å². The molecule has 0 bridgehead atoms. The van der Waals surface area contributed by atoms with Crippen molar-refractivity contribution in [1.82, 2.24) is 0 Å². The molecule has 0 amide bonds. The second-order valence-corrected chi connectivity index (χ2v) is 5.07. The van der Waals surface area contributed by atoms with Gasteiger partial charge in [-0.2, -0.15) is 0 Å². The molecule has 0 aliphatic heterocycles. The third-order valence-electron chi connectivity index (χ3n) is 2.90. The average molecular weight is 289 g/mol. The summed E-state index contributed by atoms with van der Waals surface area (Å²) in [6.07, 6.45) is -1.25. The van der Waals surface area contributed by atoms with Crippen LogP contribution in [0, 0.1) is 17.7 Å². The molecule has 0 fully saturated rings. The summed E-state index contributed by atoms with van der Waals surface area (Å²) in [6.45, 7) is 5.46. The van der Waals surface area contributed by atoms with Gasteiger partial charge >= 0.3 is 5.97 Å². The lowest BCUT2D eigenvalue weighted by Crippen LogP contribution is -2.29. The maximum Gasteiger partial charge on any atom is 0.312 e. The van der Waals surface area contributed by atoms with Crippen LogP contribution in [0.25, 0.3) is 0 Å². The number of rotatable bonds is 5. The molecule has 19 heavy (non-hydrogen) atoms. The Hall–Kier alpha value is -1.13. The highest BCUT2D eigenvalue weighted by atomic mass is 35.5. The van der Waals surface area contributed by atoms with Crippen molar-refractivity contribution in [3.05, 3.63) is 34.6 Å². The number of hydrogen-bond acceptors (Lipinski definition) is 3. The van der Waals surface area contributed by atoms with Crippen molar-refractivity contribution >= 4 is 17.6 Å². The Balaban J connectivity index is 3.05. The minimum Gasteiger partial charge on any atom is -0.466 e. The van der Waals surface area contributed by atoms with Gasteiger partial charge in [-0.25, -0.2) is 4.39 Å². The molecule has 0 heterocycles. The van der Waals surface area contributed by atoms with Crippen LogP contribution in [0.1, 0.15) is 32.4 Å². The molecule has 1 aromatic carbocycles. The molecule has 2 atom stereocenters. The van der Waals surface area contributed by atoms with Crippen LogP contribution in [0.5, 0.6) is 0 Å². The highest BCUT2D eigenvalue weighted by Gasteiger charge is 2.33. The van der Waals surface area contributed by atoms with E-state index in [1.165, 1.54) is 12.1 Å². The van der Waals surface area contributed by atoms with Crippen molar-refractivity contribution in [2.24, 2.45) is 11.8 Å². The summed E-state index contributed by atoms with van der Waals surface area (Å²) in [7, 11) is 0. The van der Waals surface area contributed by atoms with Gasteiger partial charge in [-0.3, -0.25) is 4.79 Å². The molecule has 5 heteroatoms. The standard InChI is InChI=1S/C14H18ClFO3/c1-4-19-14(18)12(8(2)3)13(17)10-6-5-9(15)7-11(10)16/h5-8,12-13,17H,4H2,1-3H3. The molecule has 3 nitrogen and oxygen atoms in total. The fourth-order valence-corrected chi connectivity index (χ4v) is 2.10. The van der Waals surface area contributed by atoms with Crippen molar-refractivity contribution in [3.8, 4) is 0 Å². The Morgan fingerprint density at radius 1 is 1.47 bits per heavy atom. The zero-order valence-corrected chi connectivity index (χ0v) is 11.9. The molecule has 1 N–H and O–H groups in total. The smallest absolute Gasteiger partial charge is 0.312 e. The van der Waals surface area contributed by atoms with E-state index >= 15 is 0 Å². The van der Waals surface area contributed by atoms with Crippen LogP contribution in [0.4, 0.5) is 4.39 Å². The largest absolute Gasteiger partial charge is 0.466 e. The maximum atomic E-state index is 13.8. The Labute approximate surface area is 117 Å². The van der Waals surface area contributed by atoms with Gasteiger partial charge in [0.2, 0.25) is 0 Å². The second-order valence-electron chi connectivity index (χ2n) is 4.63. The van der Waals surface area contributed by atoms with Gasteiger partial charge in [0.15, 0.2) is 0 Å². The summed E-state index contributed by atoms with van der Waals surface area (Å²) in [4.78, 5) is 11.8. The molecule has 2 unspecified atom stereocenters. The van der Waals surface area contributed by atoms with E-state index < -0.39 is 23.8 Å². The molecular formula is C14H18ClFO3. The number of hydrogen-bond donors (Lipinski definition) is 1. The van der Waals surface area contributed by atoms with Gasteiger partial charge < -0.3 is 9.84 Å². The molecule has 0 aromatic heterocycles. The fraction of sp³-hybridized carbons (Fsp3) is 0.500. The minimum atomic E-state index is -1.25. The van der Waals surface area contributed by atoms with Crippen molar-refractivity contribution in [3.63, 3.8) is 0 Å². The second kappa shape index (κ2) is 6.87. The van der Waals surface area contributed by atoms with E-state index in [0.717, 1.165) is 6.07 Å². The SMILES string of the molecule is CCOC(=O)C(C(C)C)C(O)c1ccc(Cl)cc1F. The van der Waals surface area contributed by atoms with Gasteiger partial charge in [-0.15, -0.1) is 0 Å². The number of ether oxygens (including phenoxy) is 1. The first-order valence-electron chi connectivity index (χ1n) is 6.18. The van der Waals surface area contributed by atoms with E-state index in [9.17, 15) is 14.3 Å². The van der Waals surface area contributed by atoms with E-state index in [-0.39, 0.29) is 23.1 Å². The first kappa shape index (κ1) is 15.9. The predicted octanol–water partition coefficient (Wildman–Crippen LogP) is 3.35. The normalized spacial score (nSPS) is 14.3. The number of esters is 1. The molecule has 0 radical (unpaired) electrons. The van der Waals surface area contributed by atoms with Crippen molar-refractivity contribution in [2.75, 3.05) is 6.61 Å². The van der Waals surface area contributed by atoms with Gasteiger partial charge in [-0.1, -0.05) is 31.5 Å². The van der Waals surface area contributed by atoms with Gasteiger partial charge in [0.05, 0.1) is 18.6 Å². The van der Waals surface area contributed by atoms with E-state index in [1.54, 1.807) is 20.8 Å². The molecule has 1 rings (SSSR count). The van der Waals surface area contributed by atoms with Crippen LogP contribution in [-0.2, 0) is 9.53 Å². The molecule has 0 aliphatic carbocycles. The van der Waals surface area contributed by atoms with Gasteiger partial charge in [-0.05, 0) is 25.0 Å². The average Bonchev–Trinajstić information content (AvgIpc) is 2.28. The molecule has 1 aromatic rings. The molecular weight excluding hydrogens is 271 g/mol. The highest BCUT2D eigenvalue weighted by Crippen LogP contribution is 2.31. The highest BCUT2D eigenvalue weighted by molar-refractivity contribution is 6.30. The predicted molar refractivity (Wildman–Crippen MR) is 71.3 cm³/mol. The van der Waals surface area contributed by atoms with Crippen LogP contribution >= 0.6 is 11.6 Å². The lowest BCUT2D eigenvalue weighted by Gasteiger charge is -2.25. The Morgan fingerprint density at radius 3 is 2.58 bits per heavy atom. The molecule has 0 saturated carbocycles. The number of aliphatic hydroxyl groups is 1. The summed E-state index contributed by atoms with van der Waals surface area (Å²) < 4.78 is 18.7. The van der Waals surface area contributed by atoms with E-state index in [0.29, 0.717) is 0 Å². The molecule has 106 valence electrons. The quantitative estimate of drug-likeness (QED) is 0.845. The summed E-state index contributed by atoms with van der Waals surface area (Å²) in [5.41, 5.74) is 0.0520. The Kier molecular flexibility index (Phi) is 5.76. The van der Waals surface area contributed by atoms with Gasteiger partial charge in [0.25, 0.3) is 0 Å². The zero-order valence-electron chi connectivity index (χ0n) is 11.2. The number of benzene rings is 1. The molecule has 0 saturated heterocycles. The fourth-order valence-electron chi connectivity index (χ4n) is 1.94. The van der Waals surface area contributed by atoms with E-state index in [1.807, 2.05) is 0 Å². The first-order chi connectivity index (χ1) is 8.88. The van der Waals surface area contributed by atoms with Crippen LogP contribution in [0.15, 0.2) is 18.2 Å². The number of aliphatic hydroxyl groups excluding tert-OH is 1. The van der Waals surface area contributed by atoms with E-state index in [2.05, 4.69) is 0 Å². The number of halogens is 2. The molecule has 0 spiro atoms. The Bertz CT molecular complexity index is 448. The number of carbonyl (C=O) groups excluding carboxylic acids is 1. The summed E-state index contributed by atoms with van der Waals surface area (Å²) in [5, 5.41) is 10.5. The minimum absolute atomic E-state index is 0.0520. The third-order valence-corrected chi connectivity index (χ3v) is 3.13. The monoisotopic (exact) mass is 288 g/mol. The molecule has 0 aliphatic rings. The third kappa shape index (κ3) is 3.91. The summed E-state index contributed by atoms with van der Waals surface area (Å²) >= 11 is 5.66. The van der Waals surface area contributed by atoms with Gasteiger partial charge in [0, 0.05) is 10.6 Å². The topological polar surface area (TPSA) is 46.5 Å². The number of carbonyl (C=O) groups is 1.